The second-order valence-corrected chi connectivity index (χ2v) is 5.08. The van der Waals surface area contributed by atoms with E-state index in [1.165, 1.54) is 12.1 Å². The van der Waals surface area contributed by atoms with Crippen LogP contribution in [0.3, 0.4) is 0 Å². The van der Waals surface area contributed by atoms with Crippen LogP contribution in [0.4, 0.5) is 13.2 Å². The molecule has 1 amide bonds. The number of nitrogens with zero attached hydrogens (tertiary/aromatic N) is 1. The largest absolute Gasteiger partial charge is 0.416 e. The van der Waals surface area contributed by atoms with Crippen molar-refractivity contribution in [2.45, 2.75) is 26.4 Å². The molecule has 0 aliphatic heterocycles. The van der Waals surface area contributed by atoms with E-state index in [9.17, 15) is 18.0 Å². The Hall–Kier alpha value is -2.03. The first-order chi connectivity index (χ1) is 9.74. The molecule has 0 radical (unpaired) electrons. The Morgan fingerprint density at radius 1 is 1.29 bits per heavy atom. The third-order valence-corrected chi connectivity index (χ3v) is 3.07. The van der Waals surface area contributed by atoms with Crippen LogP contribution in [0.15, 0.2) is 24.3 Å². The summed E-state index contributed by atoms with van der Waals surface area (Å²) < 4.78 is 37.3. The van der Waals surface area contributed by atoms with Gasteiger partial charge in [0.2, 0.25) is 5.91 Å². The van der Waals surface area contributed by atoms with Crippen LogP contribution >= 0.6 is 0 Å². The van der Waals surface area contributed by atoms with Crippen molar-refractivity contribution in [3.05, 3.63) is 35.4 Å². The van der Waals surface area contributed by atoms with Crippen LogP contribution < -0.4 is 5.32 Å². The van der Waals surface area contributed by atoms with Gasteiger partial charge in [0.1, 0.15) is 0 Å². The number of hydrogen-bond acceptors (Lipinski definition) is 2. The SMILES string of the molecule is C[C@@H](C#N)CNC(=O)[C@@H](C)Cc1ccc(C(F)(F)F)cc1. The van der Waals surface area contributed by atoms with E-state index in [0.717, 1.165) is 12.1 Å². The van der Waals surface area contributed by atoms with Gasteiger partial charge in [-0.25, -0.2) is 0 Å². The second-order valence-electron chi connectivity index (χ2n) is 5.08. The first-order valence-electron chi connectivity index (χ1n) is 6.57. The van der Waals surface area contributed by atoms with E-state index in [1.54, 1.807) is 13.8 Å². The molecule has 0 unspecified atom stereocenters. The summed E-state index contributed by atoms with van der Waals surface area (Å²) >= 11 is 0. The average molecular weight is 298 g/mol. The molecule has 1 aromatic carbocycles. The zero-order chi connectivity index (χ0) is 16.0. The van der Waals surface area contributed by atoms with Gasteiger partial charge in [-0.1, -0.05) is 19.1 Å². The highest BCUT2D eigenvalue weighted by Crippen LogP contribution is 2.29. The molecule has 1 aromatic rings. The Morgan fingerprint density at radius 3 is 2.33 bits per heavy atom. The Morgan fingerprint density at radius 2 is 1.86 bits per heavy atom. The molecule has 0 saturated carbocycles. The van der Waals surface area contributed by atoms with Crippen molar-refractivity contribution in [1.82, 2.24) is 5.32 Å². The molecule has 0 aromatic heterocycles. The number of benzene rings is 1. The molecule has 0 saturated heterocycles. The highest BCUT2D eigenvalue weighted by Gasteiger charge is 2.30. The van der Waals surface area contributed by atoms with Crippen molar-refractivity contribution in [2.75, 3.05) is 6.54 Å². The first-order valence-corrected chi connectivity index (χ1v) is 6.57. The van der Waals surface area contributed by atoms with Crippen LogP contribution in [-0.2, 0) is 17.4 Å². The zero-order valence-electron chi connectivity index (χ0n) is 11.9. The fourth-order valence-electron chi connectivity index (χ4n) is 1.75. The summed E-state index contributed by atoms with van der Waals surface area (Å²) in [6.07, 6.45) is -4.00. The number of carbonyl (C=O) groups excluding carboxylic acids is 1. The molecule has 3 nitrogen and oxygen atoms in total. The summed E-state index contributed by atoms with van der Waals surface area (Å²) in [6.45, 7) is 3.66. The minimum Gasteiger partial charge on any atom is -0.355 e. The van der Waals surface area contributed by atoms with Gasteiger partial charge < -0.3 is 5.32 Å². The lowest BCUT2D eigenvalue weighted by Crippen LogP contribution is -2.33. The number of alkyl halides is 3. The Bertz CT molecular complexity index is 517. The first kappa shape index (κ1) is 17.0. The molecular formula is C15H17F3N2O. The lowest BCUT2D eigenvalue weighted by atomic mass is 9.99. The van der Waals surface area contributed by atoms with Gasteiger partial charge in [-0.05, 0) is 31.0 Å². The minimum atomic E-state index is -4.35. The average Bonchev–Trinajstić information content (AvgIpc) is 2.43. The summed E-state index contributed by atoms with van der Waals surface area (Å²) in [4.78, 5) is 11.8. The van der Waals surface area contributed by atoms with Gasteiger partial charge in [-0.15, -0.1) is 0 Å². The van der Waals surface area contributed by atoms with Crippen molar-refractivity contribution in [3.8, 4) is 6.07 Å². The van der Waals surface area contributed by atoms with Crippen LogP contribution in [0.5, 0.6) is 0 Å². The smallest absolute Gasteiger partial charge is 0.355 e. The number of carbonyl (C=O) groups is 1. The molecular weight excluding hydrogens is 281 g/mol. The van der Waals surface area contributed by atoms with Gasteiger partial charge in [0, 0.05) is 12.5 Å². The van der Waals surface area contributed by atoms with Crippen LogP contribution in [0.25, 0.3) is 0 Å². The van der Waals surface area contributed by atoms with Crippen molar-refractivity contribution in [2.24, 2.45) is 11.8 Å². The summed E-state index contributed by atoms with van der Waals surface area (Å²) in [6, 6.07) is 6.79. The Balaban J connectivity index is 2.57. The van der Waals surface area contributed by atoms with Crippen LogP contribution in [0.2, 0.25) is 0 Å². The lowest BCUT2D eigenvalue weighted by Gasteiger charge is -2.13. The van der Waals surface area contributed by atoms with E-state index in [1.807, 2.05) is 6.07 Å². The normalized spacial score (nSPS) is 14.1. The number of hydrogen-bond donors (Lipinski definition) is 1. The molecule has 1 rings (SSSR count). The molecule has 114 valence electrons. The summed E-state index contributed by atoms with van der Waals surface area (Å²) in [5, 5.41) is 11.3. The van der Waals surface area contributed by atoms with E-state index in [-0.39, 0.29) is 24.3 Å². The van der Waals surface area contributed by atoms with Crippen molar-refractivity contribution >= 4 is 5.91 Å². The molecule has 0 spiro atoms. The van der Waals surface area contributed by atoms with Gasteiger partial charge >= 0.3 is 6.18 Å². The second kappa shape index (κ2) is 7.11. The van der Waals surface area contributed by atoms with Crippen LogP contribution in [-0.4, -0.2) is 12.5 Å². The lowest BCUT2D eigenvalue weighted by molar-refractivity contribution is -0.137. The molecule has 0 heterocycles. The van der Waals surface area contributed by atoms with E-state index < -0.39 is 11.7 Å². The van der Waals surface area contributed by atoms with E-state index in [0.29, 0.717) is 12.0 Å². The minimum absolute atomic E-state index is 0.211. The van der Waals surface area contributed by atoms with Gasteiger partial charge in [0.25, 0.3) is 0 Å². The predicted octanol–water partition coefficient (Wildman–Crippen LogP) is 3.16. The molecule has 0 aliphatic rings. The van der Waals surface area contributed by atoms with Crippen molar-refractivity contribution < 1.29 is 18.0 Å². The van der Waals surface area contributed by atoms with Crippen molar-refractivity contribution in [1.29, 1.82) is 5.26 Å². The number of halogens is 3. The van der Waals surface area contributed by atoms with Gasteiger partial charge in [-0.2, -0.15) is 18.4 Å². The highest BCUT2D eigenvalue weighted by molar-refractivity contribution is 5.78. The highest BCUT2D eigenvalue weighted by atomic mass is 19.4. The van der Waals surface area contributed by atoms with Crippen molar-refractivity contribution in [3.63, 3.8) is 0 Å². The van der Waals surface area contributed by atoms with Gasteiger partial charge in [0.15, 0.2) is 0 Å². The number of nitrogens with one attached hydrogen (secondary N) is 1. The monoisotopic (exact) mass is 298 g/mol. The van der Waals surface area contributed by atoms with Crippen LogP contribution in [0, 0.1) is 23.2 Å². The standard InChI is InChI=1S/C15H17F3N2O/c1-10(8-19)9-20-14(21)11(2)7-12-3-5-13(6-4-12)15(16,17)18/h3-6,10-11H,7,9H2,1-2H3,(H,20,21)/t10-,11-/m0/s1. The van der Waals surface area contributed by atoms with E-state index in [4.69, 9.17) is 5.26 Å². The Labute approximate surface area is 121 Å². The maximum Gasteiger partial charge on any atom is 0.416 e. The van der Waals surface area contributed by atoms with Gasteiger partial charge in [0.05, 0.1) is 17.6 Å². The summed E-state index contributed by atoms with van der Waals surface area (Å²) in [5.41, 5.74) is -0.0369. The molecule has 21 heavy (non-hydrogen) atoms. The quantitative estimate of drug-likeness (QED) is 0.908. The summed E-state index contributed by atoms with van der Waals surface area (Å²) in [5.74, 6) is -0.850. The molecule has 0 aliphatic carbocycles. The number of amides is 1. The number of rotatable bonds is 5. The Kier molecular flexibility index (Phi) is 5.77. The van der Waals surface area contributed by atoms with E-state index in [2.05, 4.69) is 5.32 Å². The predicted molar refractivity (Wildman–Crippen MR) is 72.1 cm³/mol. The molecule has 2 atom stereocenters. The van der Waals surface area contributed by atoms with E-state index >= 15 is 0 Å². The third kappa shape index (κ3) is 5.46. The molecule has 6 heteroatoms. The maximum atomic E-state index is 12.4. The topological polar surface area (TPSA) is 52.9 Å². The third-order valence-electron chi connectivity index (χ3n) is 3.07. The maximum absolute atomic E-state index is 12.4. The zero-order valence-corrected chi connectivity index (χ0v) is 11.9. The van der Waals surface area contributed by atoms with Gasteiger partial charge in [-0.3, -0.25) is 4.79 Å². The van der Waals surface area contributed by atoms with Crippen LogP contribution in [0.1, 0.15) is 25.0 Å². The fraction of sp³-hybridized carbons (Fsp3) is 0.467. The number of nitriles is 1. The molecule has 0 bridgehead atoms. The molecule has 1 N–H and O–H groups in total. The fourth-order valence-corrected chi connectivity index (χ4v) is 1.75. The summed E-state index contributed by atoms with van der Waals surface area (Å²) in [7, 11) is 0. The molecule has 0 fully saturated rings.